The van der Waals surface area contributed by atoms with E-state index in [1.165, 1.54) is 12.8 Å². The molecule has 0 aromatic heterocycles. The van der Waals surface area contributed by atoms with Crippen LogP contribution in [0.25, 0.3) is 0 Å². The van der Waals surface area contributed by atoms with Crippen molar-refractivity contribution in [3.05, 3.63) is 0 Å². The van der Waals surface area contributed by atoms with Crippen molar-refractivity contribution in [2.75, 3.05) is 0 Å². The third-order valence-electron chi connectivity index (χ3n) is 2.36. The third kappa shape index (κ3) is 0.367. The maximum absolute atomic E-state index is 9.27. The summed E-state index contributed by atoms with van der Waals surface area (Å²) >= 11 is 0. The van der Waals surface area contributed by atoms with Crippen LogP contribution in [0.2, 0.25) is 0 Å². The Morgan fingerprint density at radius 2 is 2.43 bits per heavy atom. The van der Waals surface area contributed by atoms with Gasteiger partial charge < -0.3 is 5.11 Å². The Bertz CT molecular complexity index is 98.4. The van der Waals surface area contributed by atoms with Crippen LogP contribution in [-0.4, -0.2) is 10.7 Å². The molecule has 7 heavy (non-hydrogen) atoms. The Hall–Kier alpha value is -0.0400. The largest absolute Gasteiger partial charge is 0.390 e. The summed E-state index contributed by atoms with van der Waals surface area (Å²) in [5.74, 6) is 0.715. The summed E-state index contributed by atoms with van der Waals surface area (Å²) in [4.78, 5) is 0. The van der Waals surface area contributed by atoms with E-state index in [-0.39, 0.29) is 5.60 Å². The summed E-state index contributed by atoms with van der Waals surface area (Å²) in [6.07, 6.45) is 4.74. The topological polar surface area (TPSA) is 20.2 Å². The standard InChI is InChI=1S/C6H10O/c7-6-3-1-2-5(6)4-6/h5,7H,1-4H2/t5?,6-/m1/s1. The highest BCUT2D eigenvalue weighted by Crippen LogP contribution is 2.55. The SMILES string of the molecule is O[C@@]12CCCC1C2. The first-order chi connectivity index (χ1) is 3.31. The second-order valence-corrected chi connectivity index (χ2v) is 2.90. The van der Waals surface area contributed by atoms with E-state index in [9.17, 15) is 5.11 Å². The Morgan fingerprint density at radius 3 is 2.57 bits per heavy atom. The molecule has 2 saturated carbocycles. The number of hydrogen-bond donors (Lipinski definition) is 1. The monoisotopic (exact) mass is 98.1 g/mol. The maximum Gasteiger partial charge on any atom is 0.0680 e. The second kappa shape index (κ2) is 0.873. The molecule has 2 aliphatic carbocycles. The molecule has 0 amide bonds. The van der Waals surface area contributed by atoms with E-state index in [2.05, 4.69) is 0 Å². The van der Waals surface area contributed by atoms with Gasteiger partial charge in [-0.25, -0.2) is 0 Å². The molecule has 1 unspecified atom stereocenters. The van der Waals surface area contributed by atoms with Gasteiger partial charge in [0.2, 0.25) is 0 Å². The van der Waals surface area contributed by atoms with Crippen LogP contribution in [-0.2, 0) is 0 Å². The van der Waals surface area contributed by atoms with Gasteiger partial charge in [0.15, 0.2) is 0 Å². The molecule has 0 aromatic rings. The van der Waals surface area contributed by atoms with Gasteiger partial charge in [-0.15, -0.1) is 0 Å². The molecule has 0 bridgehead atoms. The van der Waals surface area contributed by atoms with Gasteiger partial charge in [-0.2, -0.15) is 0 Å². The van der Waals surface area contributed by atoms with Gasteiger partial charge in [0.25, 0.3) is 0 Å². The Labute approximate surface area is 43.3 Å². The fourth-order valence-corrected chi connectivity index (χ4v) is 1.70. The van der Waals surface area contributed by atoms with Crippen LogP contribution in [0, 0.1) is 5.92 Å². The molecular formula is C6H10O. The van der Waals surface area contributed by atoms with E-state index < -0.39 is 0 Å². The molecule has 1 nitrogen and oxygen atoms in total. The lowest BCUT2D eigenvalue weighted by Crippen LogP contribution is -2.02. The number of fused-ring (bicyclic) bond motifs is 1. The fraction of sp³-hybridized carbons (Fsp3) is 1.00. The van der Waals surface area contributed by atoms with Crippen molar-refractivity contribution in [3.8, 4) is 0 Å². The average Bonchev–Trinajstić information content (AvgIpc) is 2.09. The summed E-state index contributed by atoms with van der Waals surface area (Å²) in [6.45, 7) is 0. The zero-order valence-electron chi connectivity index (χ0n) is 4.35. The van der Waals surface area contributed by atoms with Crippen LogP contribution >= 0.6 is 0 Å². The molecule has 2 rings (SSSR count). The van der Waals surface area contributed by atoms with E-state index in [4.69, 9.17) is 0 Å². The third-order valence-corrected chi connectivity index (χ3v) is 2.36. The Kier molecular flexibility index (Phi) is 0.487. The van der Waals surface area contributed by atoms with Crippen molar-refractivity contribution in [1.82, 2.24) is 0 Å². The smallest absolute Gasteiger partial charge is 0.0680 e. The fourth-order valence-electron chi connectivity index (χ4n) is 1.70. The summed E-state index contributed by atoms with van der Waals surface area (Å²) in [7, 11) is 0. The van der Waals surface area contributed by atoms with Crippen LogP contribution in [0.3, 0.4) is 0 Å². The van der Waals surface area contributed by atoms with Gasteiger partial charge in [-0.3, -0.25) is 0 Å². The highest BCUT2D eigenvalue weighted by atomic mass is 16.3. The first kappa shape index (κ1) is 3.90. The maximum atomic E-state index is 9.27. The van der Waals surface area contributed by atoms with Crippen molar-refractivity contribution in [1.29, 1.82) is 0 Å². The van der Waals surface area contributed by atoms with Gasteiger partial charge in [0.05, 0.1) is 5.60 Å². The summed E-state index contributed by atoms with van der Waals surface area (Å²) in [6, 6.07) is 0. The zero-order valence-corrected chi connectivity index (χ0v) is 4.35. The van der Waals surface area contributed by atoms with E-state index in [1.807, 2.05) is 0 Å². The molecular weight excluding hydrogens is 88.1 g/mol. The highest BCUT2D eigenvalue weighted by molar-refractivity contribution is 5.07. The predicted molar refractivity (Wildman–Crippen MR) is 26.9 cm³/mol. The molecule has 40 valence electrons. The molecule has 1 N–H and O–H groups in total. The minimum atomic E-state index is -0.139. The predicted octanol–water partition coefficient (Wildman–Crippen LogP) is 0.921. The lowest BCUT2D eigenvalue weighted by molar-refractivity contribution is 0.142. The zero-order chi connectivity index (χ0) is 4.91. The van der Waals surface area contributed by atoms with Crippen LogP contribution in [0.4, 0.5) is 0 Å². The molecule has 0 aliphatic heterocycles. The van der Waals surface area contributed by atoms with Crippen LogP contribution < -0.4 is 0 Å². The van der Waals surface area contributed by atoms with E-state index in [1.54, 1.807) is 0 Å². The first-order valence-electron chi connectivity index (χ1n) is 3.04. The van der Waals surface area contributed by atoms with Gasteiger partial charge in [-0.05, 0) is 25.2 Å². The van der Waals surface area contributed by atoms with Gasteiger partial charge >= 0.3 is 0 Å². The average molecular weight is 98.1 g/mol. The summed E-state index contributed by atoms with van der Waals surface area (Å²) in [5, 5.41) is 9.27. The Balaban J connectivity index is 2.17. The van der Waals surface area contributed by atoms with Gasteiger partial charge in [0.1, 0.15) is 0 Å². The molecule has 0 aromatic carbocycles. The molecule has 2 aliphatic rings. The van der Waals surface area contributed by atoms with Crippen molar-refractivity contribution in [2.45, 2.75) is 31.3 Å². The van der Waals surface area contributed by atoms with E-state index in [0.29, 0.717) is 5.92 Å². The van der Waals surface area contributed by atoms with E-state index >= 15 is 0 Å². The van der Waals surface area contributed by atoms with Crippen molar-refractivity contribution >= 4 is 0 Å². The van der Waals surface area contributed by atoms with Crippen LogP contribution in [0.15, 0.2) is 0 Å². The molecule has 1 heteroatoms. The van der Waals surface area contributed by atoms with Crippen molar-refractivity contribution in [3.63, 3.8) is 0 Å². The summed E-state index contributed by atoms with van der Waals surface area (Å²) < 4.78 is 0. The summed E-state index contributed by atoms with van der Waals surface area (Å²) in [5.41, 5.74) is -0.139. The highest BCUT2D eigenvalue weighted by Gasteiger charge is 2.55. The second-order valence-electron chi connectivity index (χ2n) is 2.90. The molecule has 0 spiro atoms. The van der Waals surface area contributed by atoms with Crippen LogP contribution in [0.5, 0.6) is 0 Å². The number of aliphatic hydroxyl groups is 1. The minimum Gasteiger partial charge on any atom is -0.390 e. The normalized spacial score (nSPS) is 57.0. The van der Waals surface area contributed by atoms with Crippen molar-refractivity contribution in [2.24, 2.45) is 5.92 Å². The molecule has 2 fully saturated rings. The van der Waals surface area contributed by atoms with E-state index in [0.717, 1.165) is 12.8 Å². The van der Waals surface area contributed by atoms with Gasteiger partial charge in [0, 0.05) is 0 Å². The first-order valence-corrected chi connectivity index (χ1v) is 3.04. The minimum absolute atomic E-state index is 0.139. The lowest BCUT2D eigenvalue weighted by Gasteiger charge is -1.96. The number of hydrogen-bond acceptors (Lipinski definition) is 1. The Morgan fingerprint density at radius 1 is 1.57 bits per heavy atom. The van der Waals surface area contributed by atoms with Crippen LogP contribution in [0.1, 0.15) is 25.7 Å². The quantitative estimate of drug-likeness (QED) is 0.477. The molecule has 0 saturated heterocycles. The molecule has 0 heterocycles. The van der Waals surface area contributed by atoms with Gasteiger partial charge in [-0.1, -0.05) is 6.42 Å². The van der Waals surface area contributed by atoms with Crippen molar-refractivity contribution < 1.29 is 5.11 Å². The molecule has 0 radical (unpaired) electrons. The lowest BCUT2D eigenvalue weighted by atomic mass is 10.2. The molecule has 2 atom stereocenters. The number of rotatable bonds is 0.